The third kappa shape index (κ3) is 2.73. The van der Waals surface area contributed by atoms with Gasteiger partial charge in [0, 0.05) is 19.1 Å². The number of aliphatic hydroxyl groups excluding tert-OH is 1. The molecule has 3 nitrogen and oxygen atoms in total. The van der Waals surface area contributed by atoms with E-state index in [9.17, 15) is 5.11 Å². The molecule has 0 aromatic rings. The van der Waals surface area contributed by atoms with Crippen LogP contribution in [-0.4, -0.2) is 42.3 Å². The van der Waals surface area contributed by atoms with E-state index in [4.69, 9.17) is 5.73 Å². The van der Waals surface area contributed by atoms with Crippen molar-refractivity contribution in [1.29, 1.82) is 0 Å². The Balaban J connectivity index is 2.21. The smallest absolute Gasteiger partial charge is 0.0789 e. The zero-order valence-electron chi connectivity index (χ0n) is 7.87. The first kappa shape index (κ1) is 9.96. The van der Waals surface area contributed by atoms with Crippen LogP contribution < -0.4 is 5.73 Å². The molecule has 1 aliphatic carbocycles. The quantitative estimate of drug-likeness (QED) is 0.636. The predicted molar refractivity (Wildman–Crippen MR) is 49.9 cm³/mol. The standard InChI is InChI=1S/C9H20N2O/c1-11(7-9(12)6-10)8-4-2-3-5-8/h8-9,12H,2-7,10H2,1H3. The zero-order valence-corrected chi connectivity index (χ0v) is 7.87. The van der Waals surface area contributed by atoms with E-state index < -0.39 is 0 Å². The van der Waals surface area contributed by atoms with E-state index >= 15 is 0 Å². The van der Waals surface area contributed by atoms with Crippen molar-refractivity contribution >= 4 is 0 Å². The van der Waals surface area contributed by atoms with Gasteiger partial charge in [0.05, 0.1) is 6.10 Å². The minimum atomic E-state index is -0.351. The third-order valence-corrected chi connectivity index (χ3v) is 2.72. The molecule has 1 atom stereocenters. The van der Waals surface area contributed by atoms with Crippen LogP contribution in [0.2, 0.25) is 0 Å². The van der Waals surface area contributed by atoms with Crippen molar-refractivity contribution in [2.75, 3.05) is 20.1 Å². The molecule has 0 saturated heterocycles. The Bertz CT molecular complexity index is 124. The van der Waals surface area contributed by atoms with Crippen molar-refractivity contribution in [2.45, 2.75) is 37.8 Å². The first-order valence-corrected chi connectivity index (χ1v) is 4.82. The molecule has 0 aromatic carbocycles. The highest BCUT2D eigenvalue weighted by atomic mass is 16.3. The number of aliphatic hydroxyl groups is 1. The molecule has 1 fully saturated rings. The van der Waals surface area contributed by atoms with Crippen LogP contribution in [0.3, 0.4) is 0 Å². The number of nitrogens with two attached hydrogens (primary N) is 1. The Morgan fingerprint density at radius 3 is 2.58 bits per heavy atom. The SMILES string of the molecule is CN(CC(O)CN)C1CCCC1. The van der Waals surface area contributed by atoms with Gasteiger partial charge in [-0.1, -0.05) is 12.8 Å². The molecule has 0 heterocycles. The summed E-state index contributed by atoms with van der Waals surface area (Å²) in [4.78, 5) is 2.24. The Morgan fingerprint density at radius 1 is 1.50 bits per heavy atom. The van der Waals surface area contributed by atoms with Crippen LogP contribution >= 0.6 is 0 Å². The molecule has 0 bridgehead atoms. The molecule has 0 radical (unpaired) electrons. The average molecular weight is 172 g/mol. The van der Waals surface area contributed by atoms with Gasteiger partial charge < -0.3 is 15.7 Å². The molecular weight excluding hydrogens is 152 g/mol. The number of hydrogen-bond donors (Lipinski definition) is 2. The monoisotopic (exact) mass is 172 g/mol. The van der Waals surface area contributed by atoms with Crippen LogP contribution in [0.4, 0.5) is 0 Å². The van der Waals surface area contributed by atoms with E-state index in [1.165, 1.54) is 25.7 Å². The van der Waals surface area contributed by atoms with Crippen molar-refractivity contribution in [3.8, 4) is 0 Å². The maximum Gasteiger partial charge on any atom is 0.0789 e. The topological polar surface area (TPSA) is 49.5 Å². The lowest BCUT2D eigenvalue weighted by molar-refractivity contribution is 0.111. The van der Waals surface area contributed by atoms with Crippen molar-refractivity contribution in [1.82, 2.24) is 4.90 Å². The molecule has 3 heteroatoms. The second-order valence-electron chi connectivity index (χ2n) is 3.77. The van der Waals surface area contributed by atoms with Crippen molar-refractivity contribution in [3.05, 3.63) is 0 Å². The van der Waals surface area contributed by atoms with Gasteiger partial charge in [0.15, 0.2) is 0 Å². The van der Waals surface area contributed by atoms with E-state index in [2.05, 4.69) is 11.9 Å². The van der Waals surface area contributed by atoms with E-state index in [0.29, 0.717) is 12.6 Å². The lowest BCUT2D eigenvalue weighted by Crippen LogP contribution is -2.39. The molecule has 72 valence electrons. The molecule has 3 N–H and O–H groups in total. The Hall–Kier alpha value is -0.120. The van der Waals surface area contributed by atoms with Gasteiger partial charge in [0.1, 0.15) is 0 Å². The minimum absolute atomic E-state index is 0.351. The highest BCUT2D eigenvalue weighted by molar-refractivity contribution is 4.76. The summed E-state index contributed by atoms with van der Waals surface area (Å²) in [6.07, 6.45) is 4.90. The molecule has 12 heavy (non-hydrogen) atoms. The number of rotatable bonds is 4. The second-order valence-corrected chi connectivity index (χ2v) is 3.77. The van der Waals surface area contributed by atoms with Crippen molar-refractivity contribution in [2.24, 2.45) is 5.73 Å². The molecule has 0 amide bonds. The number of likely N-dealkylation sites (N-methyl/N-ethyl adjacent to an activating group) is 1. The Morgan fingerprint density at radius 2 is 2.08 bits per heavy atom. The molecule has 0 aliphatic heterocycles. The van der Waals surface area contributed by atoms with Gasteiger partial charge in [-0.3, -0.25) is 0 Å². The first-order chi connectivity index (χ1) is 5.74. The number of nitrogens with zero attached hydrogens (tertiary/aromatic N) is 1. The highest BCUT2D eigenvalue weighted by Crippen LogP contribution is 2.22. The highest BCUT2D eigenvalue weighted by Gasteiger charge is 2.20. The second kappa shape index (κ2) is 4.80. The maximum absolute atomic E-state index is 9.32. The summed E-state index contributed by atoms with van der Waals surface area (Å²) in [6, 6.07) is 0.686. The fourth-order valence-electron chi connectivity index (χ4n) is 1.90. The molecule has 0 spiro atoms. The third-order valence-electron chi connectivity index (χ3n) is 2.72. The summed E-state index contributed by atoms with van der Waals surface area (Å²) in [5.74, 6) is 0. The molecule has 1 unspecified atom stereocenters. The summed E-state index contributed by atoms with van der Waals surface area (Å²) in [7, 11) is 2.08. The molecule has 1 saturated carbocycles. The fourth-order valence-corrected chi connectivity index (χ4v) is 1.90. The van der Waals surface area contributed by atoms with E-state index in [-0.39, 0.29) is 6.10 Å². The average Bonchev–Trinajstić information content (AvgIpc) is 2.56. The fraction of sp³-hybridized carbons (Fsp3) is 1.00. The summed E-state index contributed by atoms with van der Waals surface area (Å²) >= 11 is 0. The maximum atomic E-state index is 9.32. The molecular formula is C9H20N2O. The van der Waals surface area contributed by atoms with Crippen LogP contribution in [0.15, 0.2) is 0 Å². The summed E-state index contributed by atoms with van der Waals surface area (Å²) in [6.45, 7) is 1.10. The lowest BCUT2D eigenvalue weighted by atomic mass is 10.2. The van der Waals surface area contributed by atoms with Crippen molar-refractivity contribution < 1.29 is 5.11 Å². The van der Waals surface area contributed by atoms with Gasteiger partial charge in [0.25, 0.3) is 0 Å². The number of hydrogen-bond acceptors (Lipinski definition) is 3. The largest absolute Gasteiger partial charge is 0.390 e. The Kier molecular flexibility index (Phi) is 3.98. The van der Waals surface area contributed by atoms with Gasteiger partial charge in [-0.15, -0.1) is 0 Å². The zero-order chi connectivity index (χ0) is 8.97. The van der Waals surface area contributed by atoms with Gasteiger partial charge in [-0.2, -0.15) is 0 Å². The van der Waals surface area contributed by atoms with Gasteiger partial charge in [-0.25, -0.2) is 0 Å². The van der Waals surface area contributed by atoms with Crippen LogP contribution in [0.5, 0.6) is 0 Å². The lowest BCUT2D eigenvalue weighted by Gasteiger charge is -2.25. The van der Waals surface area contributed by atoms with E-state index in [0.717, 1.165) is 6.54 Å². The molecule has 0 aromatic heterocycles. The van der Waals surface area contributed by atoms with Crippen LogP contribution in [0.25, 0.3) is 0 Å². The van der Waals surface area contributed by atoms with E-state index in [1.807, 2.05) is 0 Å². The van der Waals surface area contributed by atoms with Crippen LogP contribution in [0.1, 0.15) is 25.7 Å². The van der Waals surface area contributed by atoms with Crippen LogP contribution in [0, 0.1) is 0 Å². The molecule has 1 aliphatic rings. The predicted octanol–water partition coefficient (Wildman–Crippen LogP) is 0.180. The van der Waals surface area contributed by atoms with Gasteiger partial charge >= 0.3 is 0 Å². The summed E-state index contributed by atoms with van der Waals surface area (Å²) in [5.41, 5.74) is 5.34. The summed E-state index contributed by atoms with van der Waals surface area (Å²) in [5, 5.41) is 9.32. The normalized spacial score (nSPS) is 22.0. The van der Waals surface area contributed by atoms with Crippen molar-refractivity contribution in [3.63, 3.8) is 0 Å². The van der Waals surface area contributed by atoms with E-state index in [1.54, 1.807) is 0 Å². The minimum Gasteiger partial charge on any atom is -0.390 e. The van der Waals surface area contributed by atoms with Crippen LogP contribution in [-0.2, 0) is 0 Å². The molecule has 1 rings (SSSR count). The van der Waals surface area contributed by atoms with Gasteiger partial charge in [0.2, 0.25) is 0 Å². The van der Waals surface area contributed by atoms with Gasteiger partial charge in [-0.05, 0) is 19.9 Å². The summed E-state index contributed by atoms with van der Waals surface area (Å²) < 4.78 is 0. The Labute approximate surface area is 74.5 Å². The first-order valence-electron chi connectivity index (χ1n) is 4.82.